The molecule has 129 heavy (non-hydrogen) atoms. The molecule has 4 nitrogen and oxygen atoms in total. The number of nitrogens with zero attached hydrogens (tertiary/aromatic N) is 3. The van der Waals surface area contributed by atoms with E-state index in [4.69, 9.17) is 6.11 Å². The van der Waals surface area contributed by atoms with Crippen molar-refractivity contribution < 1.29 is 11.6 Å². The number of hydrogen-bond acceptors (Lipinski definition) is 4. The SMILES string of the molecule is [2H]c1c([2H])c([2H])c(-c2cc3c4c(c2)N(c2c(-c5ccccc5)cc(C(C)(C)C)cc2-c2ccccc2)c2ccccc2B4c2cc4c(cc2N3c2cc(C(C)(C)C)cc(C(C)(C)C)c2)Oc2cc3cc(-c5cccc6c5C5(c7ccccc7-c7ccccc75)c5ccccc5-6)ccc3c3c2B4c2ccccc2N3c2c(-c3ccccc3)cc(C(C)(C)C)cc2-c2ccccc2)c([2H])c1[2H]. The number of ether oxygens (including phenoxy) is 1. The molecule has 0 unspecified atom stereocenters. The van der Waals surface area contributed by atoms with Crippen LogP contribution < -0.4 is 52.2 Å². The van der Waals surface area contributed by atoms with Gasteiger partial charge in [0.1, 0.15) is 11.5 Å². The third-order valence-electron chi connectivity index (χ3n) is 28.5. The first-order chi connectivity index (χ1) is 64.6. The van der Waals surface area contributed by atoms with Crippen molar-refractivity contribution in [1.29, 1.82) is 0 Å². The summed E-state index contributed by atoms with van der Waals surface area (Å²) in [6, 6.07) is 130. The molecule has 2 aliphatic carbocycles. The fourth-order valence-electron chi connectivity index (χ4n) is 22.4. The summed E-state index contributed by atoms with van der Waals surface area (Å²) in [7, 11) is 0. The van der Waals surface area contributed by atoms with Crippen LogP contribution in [-0.2, 0) is 27.1 Å². The summed E-state index contributed by atoms with van der Waals surface area (Å²) >= 11 is 0. The Balaban J connectivity index is 0.825. The van der Waals surface area contributed by atoms with Crippen LogP contribution in [0.25, 0.3) is 99.8 Å². The lowest BCUT2D eigenvalue weighted by Gasteiger charge is -2.46. The highest BCUT2D eigenvalue weighted by molar-refractivity contribution is 7.02. The van der Waals surface area contributed by atoms with E-state index in [9.17, 15) is 5.48 Å². The number of fused-ring (bicyclic) bond motifs is 20. The molecule has 0 fully saturated rings. The van der Waals surface area contributed by atoms with Crippen LogP contribution in [0, 0.1) is 0 Å². The molecule has 0 amide bonds. The molecule has 18 aromatic carbocycles. The summed E-state index contributed by atoms with van der Waals surface area (Å²) in [5, 5.41) is 2.09. The van der Waals surface area contributed by atoms with Gasteiger partial charge in [0.2, 0.25) is 0 Å². The van der Waals surface area contributed by atoms with Gasteiger partial charge in [0.05, 0.1) is 29.3 Å². The largest absolute Gasteiger partial charge is 0.458 e. The zero-order valence-corrected chi connectivity index (χ0v) is 74.9. The quantitative estimate of drug-likeness (QED) is 0.134. The summed E-state index contributed by atoms with van der Waals surface area (Å²) in [6.07, 6.45) is 0. The van der Waals surface area contributed by atoms with Crippen molar-refractivity contribution >= 4 is 108 Å². The van der Waals surface area contributed by atoms with E-state index in [1.54, 1.807) is 0 Å². The van der Waals surface area contributed by atoms with Gasteiger partial charge in [0.25, 0.3) is 13.4 Å². The van der Waals surface area contributed by atoms with Gasteiger partial charge in [-0.1, -0.05) is 386 Å². The molecular weight excluding hydrogens is 1560 g/mol. The summed E-state index contributed by atoms with van der Waals surface area (Å²) < 4.78 is 56.8. The van der Waals surface area contributed by atoms with Crippen LogP contribution in [0.1, 0.15) is 134 Å². The Morgan fingerprint density at radius 3 is 1.19 bits per heavy atom. The van der Waals surface area contributed by atoms with E-state index in [1.165, 1.54) is 50.1 Å². The topological polar surface area (TPSA) is 19.0 Å². The minimum absolute atomic E-state index is 0.110. The molecule has 6 aliphatic rings. The molecule has 24 rings (SSSR count). The van der Waals surface area contributed by atoms with Crippen molar-refractivity contribution in [2.75, 3.05) is 14.7 Å². The van der Waals surface area contributed by atoms with Crippen LogP contribution in [0.5, 0.6) is 11.5 Å². The average molecular weight is 1660 g/mol. The van der Waals surface area contributed by atoms with Crippen molar-refractivity contribution in [3.05, 3.63) is 427 Å². The third kappa shape index (κ3) is 12.0. The smallest absolute Gasteiger partial charge is 0.256 e. The molecule has 6 heteroatoms. The number of para-hydroxylation sites is 2. The molecule has 0 atom stereocenters. The molecule has 618 valence electrons. The molecule has 1 spiro atoms. The van der Waals surface area contributed by atoms with Gasteiger partial charge in [-0.3, -0.25) is 0 Å². The zero-order valence-electron chi connectivity index (χ0n) is 79.9. The van der Waals surface area contributed by atoms with Crippen LogP contribution in [-0.4, -0.2) is 13.4 Å². The minimum atomic E-state index is -0.623. The van der Waals surface area contributed by atoms with Crippen LogP contribution >= 0.6 is 0 Å². The maximum Gasteiger partial charge on any atom is 0.256 e. The van der Waals surface area contributed by atoms with Crippen LogP contribution in [0.15, 0.2) is 382 Å². The monoisotopic (exact) mass is 1660 g/mol. The standard InChI is InChI=1S/C123H99B2N3O/c1-119(2,3)84-67-85(120(4,5)6)69-88(68-84)126-108-75-111-105(74-104(108)124-102-57-34-36-59-106(102)127(110-65-82(64-109(126)114(110)124)76-39-18-13-19-40-76)116-95(77-41-20-14-21-42-77)70-86(121(7,8)9)71-96(116)78-43-22-15-23-44-78)125-103-58-35-37-60-107(103)128(117-97(79-45-24-16-25-46-79)72-87(122(10,11)12)73-98(117)80-47-26-17-27-48-80)118-90-62-61-81(63-83(90)66-112(129-111)115(118)125)89-52-38-53-94-93-51-30-33-56-101(93)123(113(89)94)99-54-31-28-49-91(99)92-50-29-32-55-100(92)123/h13-75H,1-12H3/i13D,18D,19D,39D,40D. The van der Waals surface area contributed by atoms with E-state index < -0.39 is 37.0 Å². The Morgan fingerprint density at radius 2 is 0.682 bits per heavy atom. The third-order valence-corrected chi connectivity index (χ3v) is 28.5. The lowest BCUT2D eigenvalue weighted by molar-refractivity contribution is 0.488. The first kappa shape index (κ1) is 72.7. The molecule has 4 aliphatic heterocycles. The Bertz CT molecular complexity index is 7800. The van der Waals surface area contributed by atoms with E-state index in [1.807, 2.05) is 0 Å². The molecule has 0 radical (unpaired) electrons. The Kier molecular flexibility index (Phi) is 16.2. The molecular formula is C123H99B2N3O. The predicted molar refractivity (Wildman–Crippen MR) is 548 cm³/mol. The fraction of sp³-hybridized carbons (Fsp3) is 0.138. The maximum atomic E-state index is 10.1. The second-order valence-corrected chi connectivity index (χ2v) is 40.2. The molecule has 0 saturated heterocycles. The van der Waals surface area contributed by atoms with Crippen LogP contribution in [0.4, 0.5) is 51.2 Å². The summed E-state index contributed by atoms with van der Waals surface area (Å²) in [5.74, 6) is 1.45. The highest BCUT2D eigenvalue weighted by Gasteiger charge is 2.54. The van der Waals surface area contributed by atoms with Gasteiger partial charge in [-0.05, 0) is 244 Å². The lowest BCUT2D eigenvalue weighted by Crippen LogP contribution is -2.64. The summed E-state index contributed by atoms with van der Waals surface area (Å²) in [5.41, 5.74) is 39.1. The number of hydrogen-bond donors (Lipinski definition) is 0. The van der Waals surface area contributed by atoms with E-state index in [0.717, 1.165) is 173 Å². The maximum absolute atomic E-state index is 10.1. The summed E-state index contributed by atoms with van der Waals surface area (Å²) in [6.45, 7) is 26.7. The van der Waals surface area contributed by atoms with Gasteiger partial charge < -0.3 is 19.4 Å². The second-order valence-electron chi connectivity index (χ2n) is 40.2. The van der Waals surface area contributed by atoms with E-state index in [-0.39, 0.29) is 39.3 Å². The van der Waals surface area contributed by atoms with Gasteiger partial charge in [0, 0.05) is 67.8 Å². The Morgan fingerprint density at radius 1 is 0.264 bits per heavy atom. The molecule has 18 aromatic rings. The molecule has 0 N–H and O–H groups in total. The molecule has 0 aromatic heterocycles. The van der Waals surface area contributed by atoms with E-state index in [0.29, 0.717) is 11.3 Å². The average Bonchev–Trinajstić information content (AvgIpc) is 1.59. The normalized spacial score (nSPS) is 14.5. The number of rotatable bonds is 9. The summed E-state index contributed by atoms with van der Waals surface area (Å²) in [4.78, 5) is 7.56. The van der Waals surface area contributed by atoms with Gasteiger partial charge in [-0.15, -0.1) is 0 Å². The highest BCUT2D eigenvalue weighted by atomic mass is 16.5. The van der Waals surface area contributed by atoms with Crippen molar-refractivity contribution in [2.45, 2.75) is 110 Å². The Labute approximate surface area is 766 Å². The zero-order chi connectivity index (χ0) is 91.8. The lowest BCUT2D eigenvalue weighted by atomic mass is 9.30. The second kappa shape index (κ2) is 28.8. The number of anilines is 9. The van der Waals surface area contributed by atoms with Crippen molar-refractivity contribution in [3.8, 4) is 101 Å². The van der Waals surface area contributed by atoms with Gasteiger partial charge in [0.15, 0.2) is 0 Å². The predicted octanol–water partition coefficient (Wildman–Crippen LogP) is 28.9. The van der Waals surface area contributed by atoms with Crippen molar-refractivity contribution in [1.82, 2.24) is 0 Å². The first-order valence-corrected chi connectivity index (χ1v) is 45.6. The molecule has 4 heterocycles. The molecule has 0 bridgehead atoms. The van der Waals surface area contributed by atoms with E-state index in [2.05, 4.69) is 450 Å². The van der Waals surface area contributed by atoms with Crippen LogP contribution in [0.2, 0.25) is 0 Å². The minimum Gasteiger partial charge on any atom is -0.458 e. The first-order valence-electron chi connectivity index (χ1n) is 48.1. The fourth-order valence-corrected chi connectivity index (χ4v) is 22.4. The van der Waals surface area contributed by atoms with Crippen molar-refractivity contribution in [2.24, 2.45) is 0 Å². The van der Waals surface area contributed by atoms with Gasteiger partial charge in [-0.25, -0.2) is 0 Å². The Hall–Kier alpha value is -14.5. The number of benzene rings is 18. The van der Waals surface area contributed by atoms with Gasteiger partial charge >= 0.3 is 0 Å². The van der Waals surface area contributed by atoms with E-state index >= 15 is 0 Å². The highest BCUT2D eigenvalue weighted by Crippen LogP contribution is 2.66. The van der Waals surface area contributed by atoms with Gasteiger partial charge in [-0.2, -0.15) is 0 Å². The molecule has 0 saturated carbocycles. The van der Waals surface area contributed by atoms with Crippen molar-refractivity contribution in [3.63, 3.8) is 0 Å². The van der Waals surface area contributed by atoms with Crippen LogP contribution in [0.3, 0.4) is 0 Å².